The molecule has 0 amide bonds. The number of rotatable bonds is 7. The van der Waals surface area contributed by atoms with Crippen molar-refractivity contribution < 1.29 is 4.74 Å². The van der Waals surface area contributed by atoms with E-state index in [-0.39, 0.29) is 0 Å². The Bertz CT molecular complexity index is 238. The van der Waals surface area contributed by atoms with Gasteiger partial charge in [-0.05, 0) is 51.0 Å². The Morgan fingerprint density at radius 1 is 1.06 bits per heavy atom. The number of nitrogens with zero attached hydrogens (tertiary/aromatic N) is 1. The van der Waals surface area contributed by atoms with Crippen molar-refractivity contribution in [1.82, 2.24) is 10.2 Å². The summed E-state index contributed by atoms with van der Waals surface area (Å²) in [4.78, 5) is 2.58. The highest BCUT2D eigenvalue weighted by molar-refractivity contribution is 4.88. The molecule has 3 rings (SSSR count). The van der Waals surface area contributed by atoms with E-state index in [1.165, 1.54) is 51.6 Å². The standard InChI is InChI=1S/C14H26N2O/c1-2-14(15-13-5-6-13)10-16(7-1)8-9-17-11-12-3-4-12/h12-15H,1-11H2. The van der Waals surface area contributed by atoms with E-state index in [0.717, 1.165) is 37.8 Å². The second-order valence-corrected chi connectivity index (χ2v) is 6.10. The molecule has 1 aliphatic heterocycles. The summed E-state index contributed by atoms with van der Waals surface area (Å²) in [5.41, 5.74) is 0. The first-order chi connectivity index (χ1) is 8.40. The third kappa shape index (κ3) is 4.23. The fraction of sp³-hybridized carbons (Fsp3) is 1.00. The molecule has 0 bridgehead atoms. The van der Waals surface area contributed by atoms with Gasteiger partial charge in [-0.15, -0.1) is 0 Å². The lowest BCUT2D eigenvalue weighted by molar-refractivity contribution is 0.0837. The van der Waals surface area contributed by atoms with Gasteiger partial charge < -0.3 is 10.1 Å². The van der Waals surface area contributed by atoms with Crippen LogP contribution < -0.4 is 5.32 Å². The maximum absolute atomic E-state index is 5.73. The van der Waals surface area contributed by atoms with E-state index in [9.17, 15) is 0 Å². The van der Waals surface area contributed by atoms with Gasteiger partial charge in [0.25, 0.3) is 0 Å². The van der Waals surface area contributed by atoms with Crippen LogP contribution in [0.4, 0.5) is 0 Å². The summed E-state index contributed by atoms with van der Waals surface area (Å²) in [6, 6.07) is 1.60. The number of ether oxygens (including phenoxy) is 1. The van der Waals surface area contributed by atoms with Crippen molar-refractivity contribution in [2.45, 2.75) is 50.6 Å². The summed E-state index contributed by atoms with van der Waals surface area (Å²) >= 11 is 0. The molecule has 1 N–H and O–H groups in total. The number of piperidine rings is 1. The van der Waals surface area contributed by atoms with Gasteiger partial charge in [-0.1, -0.05) is 0 Å². The number of hydrogen-bond acceptors (Lipinski definition) is 3. The Hall–Kier alpha value is -0.120. The zero-order valence-corrected chi connectivity index (χ0v) is 10.9. The highest BCUT2D eigenvalue weighted by Crippen LogP contribution is 2.28. The molecule has 3 fully saturated rings. The maximum atomic E-state index is 5.73. The predicted molar refractivity (Wildman–Crippen MR) is 69.2 cm³/mol. The first-order valence-corrected chi connectivity index (χ1v) is 7.46. The van der Waals surface area contributed by atoms with Crippen LogP contribution in [0.2, 0.25) is 0 Å². The monoisotopic (exact) mass is 238 g/mol. The molecule has 1 heterocycles. The molecule has 0 aromatic carbocycles. The molecule has 1 unspecified atom stereocenters. The molecular formula is C14H26N2O. The van der Waals surface area contributed by atoms with Gasteiger partial charge in [0.1, 0.15) is 0 Å². The predicted octanol–water partition coefficient (Wildman–Crippen LogP) is 1.63. The van der Waals surface area contributed by atoms with Crippen molar-refractivity contribution in [3.05, 3.63) is 0 Å². The molecule has 3 heteroatoms. The van der Waals surface area contributed by atoms with Crippen molar-refractivity contribution in [2.24, 2.45) is 5.92 Å². The molecule has 3 aliphatic rings. The minimum absolute atomic E-state index is 0.750. The number of hydrogen-bond donors (Lipinski definition) is 1. The third-order valence-corrected chi connectivity index (χ3v) is 4.16. The van der Waals surface area contributed by atoms with Gasteiger partial charge in [-0.25, -0.2) is 0 Å². The summed E-state index contributed by atoms with van der Waals surface area (Å²) in [5.74, 6) is 0.903. The summed E-state index contributed by atoms with van der Waals surface area (Å²) in [6.07, 6.45) is 8.33. The van der Waals surface area contributed by atoms with Gasteiger partial charge >= 0.3 is 0 Å². The van der Waals surface area contributed by atoms with Crippen LogP contribution in [0.25, 0.3) is 0 Å². The van der Waals surface area contributed by atoms with Gasteiger partial charge in [0.05, 0.1) is 6.61 Å². The average Bonchev–Trinajstić information content (AvgIpc) is 3.19. The highest BCUT2D eigenvalue weighted by Gasteiger charge is 2.27. The minimum atomic E-state index is 0.750. The smallest absolute Gasteiger partial charge is 0.0593 e. The Morgan fingerprint density at radius 3 is 2.71 bits per heavy atom. The molecule has 0 radical (unpaired) electrons. The lowest BCUT2D eigenvalue weighted by atomic mass is 10.1. The summed E-state index contributed by atoms with van der Waals surface area (Å²) in [6.45, 7) is 5.60. The van der Waals surface area contributed by atoms with Gasteiger partial charge in [0.2, 0.25) is 0 Å². The van der Waals surface area contributed by atoms with E-state index in [1.807, 2.05) is 0 Å². The van der Waals surface area contributed by atoms with E-state index in [1.54, 1.807) is 0 Å². The largest absolute Gasteiger partial charge is 0.380 e. The molecule has 98 valence electrons. The highest BCUT2D eigenvalue weighted by atomic mass is 16.5. The van der Waals surface area contributed by atoms with Crippen LogP contribution in [-0.4, -0.2) is 49.8 Å². The minimum Gasteiger partial charge on any atom is -0.380 e. The SMILES string of the molecule is C1CC(NC2CC2)CN(CCOCC2CC2)C1. The van der Waals surface area contributed by atoms with E-state index in [0.29, 0.717) is 0 Å². The topological polar surface area (TPSA) is 24.5 Å². The second kappa shape index (κ2) is 5.68. The molecule has 17 heavy (non-hydrogen) atoms. The molecular weight excluding hydrogens is 212 g/mol. The van der Waals surface area contributed by atoms with Crippen molar-refractivity contribution in [2.75, 3.05) is 32.8 Å². The van der Waals surface area contributed by atoms with Gasteiger partial charge in [0.15, 0.2) is 0 Å². The molecule has 0 aromatic heterocycles. The fourth-order valence-electron chi connectivity index (χ4n) is 2.71. The van der Waals surface area contributed by atoms with Crippen molar-refractivity contribution in [1.29, 1.82) is 0 Å². The van der Waals surface area contributed by atoms with Crippen LogP contribution in [0.3, 0.4) is 0 Å². The van der Waals surface area contributed by atoms with Gasteiger partial charge in [0, 0.05) is 31.8 Å². The molecule has 2 aliphatic carbocycles. The summed E-state index contributed by atoms with van der Waals surface area (Å²) in [7, 11) is 0. The van der Waals surface area contributed by atoms with E-state index >= 15 is 0 Å². The van der Waals surface area contributed by atoms with Crippen molar-refractivity contribution in [3.8, 4) is 0 Å². The zero-order valence-electron chi connectivity index (χ0n) is 10.9. The van der Waals surface area contributed by atoms with E-state index in [4.69, 9.17) is 4.74 Å². The van der Waals surface area contributed by atoms with Gasteiger partial charge in [-0.2, -0.15) is 0 Å². The first kappa shape index (κ1) is 11.9. The Labute approximate surface area is 105 Å². The summed E-state index contributed by atoms with van der Waals surface area (Å²) in [5, 5.41) is 3.76. The molecule has 2 saturated carbocycles. The van der Waals surface area contributed by atoms with Crippen LogP contribution in [0.15, 0.2) is 0 Å². The van der Waals surface area contributed by atoms with Crippen LogP contribution in [0, 0.1) is 5.92 Å². The Balaban J connectivity index is 1.28. The number of likely N-dealkylation sites (tertiary alicyclic amines) is 1. The lowest BCUT2D eigenvalue weighted by Gasteiger charge is -2.33. The van der Waals surface area contributed by atoms with Crippen LogP contribution in [0.1, 0.15) is 38.5 Å². The first-order valence-electron chi connectivity index (χ1n) is 7.46. The molecule has 1 atom stereocenters. The zero-order chi connectivity index (χ0) is 11.5. The lowest BCUT2D eigenvalue weighted by Crippen LogP contribution is -2.47. The molecule has 3 nitrogen and oxygen atoms in total. The van der Waals surface area contributed by atoms with Crippen molar-refractivity contribution in [3.63, 3.8) is 0 Å². The Morgan fingerprint density at radius 2 is 1.94 bits per heavy atom. The number of nitrogens with one attached hydrogen (secondary N) is 1. The molecule has 0 aromatic rings. The quantitative estimate of drug-likeness (QED) is 0.682. The summed E-state index contributed by atoms with van der Waals surface area (Å²) < 4.78 is 5.73. The Kier molecular flexibility index (Phi) is 3.99. The second-order valence-electron chi connectivity index (χ2n) is 6.10. The third-order valence-electron chi connectivity index (χ3n) is 4.16. The fourth-order valence-corrected chi connectivity index (χ4v) is 2.71. The van der Waals surface area contributed by atoms with E-state index < -0.39 is 0 Å². The molecule has 1 saturated heterocycles. The maximum Gasteiger partial charge on any atom is 0.0593 e. The van der Waals surface area contributed by atoms with Crippen LogP contribution in [-0.2, 0) is 4.74 Å². The van der Waals surface area contributed by atoms with Crippen LogP contribution >= 0.6 is 0 Å². The average molecular weight is 238 g/mol. The molecule has 0 spiro atoms. The van der Waals surface area contributed by atoms with E-state index in [2.05, 4.69) is 10.2 Å². The normalized spacial score (nSPS) is 30.7. The van der Waals surface area contributed by atoms with Crippen molar-refractivity contribution >= 4 is 0 Å². The van der Waals surface area contributed by atoms with Crippen LogP contribution in [0.5, 0.6) is 0 Å². The van der Waals surface area contributed by atoms with Gasteiger partial charge in [-0.3, -0.25) is 4.90 Å².